The molecule has 2 aromatic rings. The van der Waals surface area contributed by atoms with Gasteiger partial charge in [-0.05, 0) is 31.0 Å². The van der Waals surface area contributed by atoms with E-state index in [9.17, 15) is 9.59 Å². The Kier molecular flexibility index (Phi) is 5.01. The van der Waals surface area contributed by atoms with Crippen LogP contribution in [0.5, 0.6) is 0 Å². The highest BCUT2D eigenvalue weighted by atomic mass is 35.5. The summed E-state index contributed by atoms with van der Waals surface area (Å²) >= 11 is 6.04. The molecule has 0 aliphatic heterocycles. The van der Waals surface area contributed by atoms with Crippen LogP contribution in [0, 0.1) is 0 Å². The van der Waals surface area contributed by atoms with Crippen LogP contribution >= 0.6 is 11.6 Å². The molecule has 1 aromatic carbocycles. The van der Waals surface area contributed by atoms with Gasteiger partial charge in [-0.2, -0.15) is 0 Å². The summed E-state index contributed by atoms with van der Waals surface area (Å²) in [7, 11) is 0. The Hall–Kier alpha value is -1.81. The van der Waals surface area contributed by atoms with Crippen molar-refractivity contribution in [1.29, 1.82) is 0 Å². The van der Waals surface area contributed by atoms with Gasteiger partial charge >= 0.3 is 0 Å². The molecule has 3 rings (SSSR count). The van der Waals surface area contributed by atoms with Gasteiger partial charge in [0.2, 0.25) is 5.91 Å². The topological polar surface area (TPSA) is 51.1 Å². The molecule has 1 saturated carbocycles. The van der Waals surface area contributed by atoms with E-state index in [0.29, 0.717) is 15.9 Å². The molecule has 1 amide bonds. The minimum atomic E-state index is -0.0582. The number of hydrogen-bond acceptors (Lipinski definition) is 2. The van der Waals surface area contributed by atoms with Crippen molar-refractivity contribution in [3.8, 4) is 0 Å². The summed E-state index contributed by atoms with van der Waals surface area (Å²) in [4.78, 5) is 24.3. The van der Waals surface area contributed by atoms with Crippen molar-refractivity contribution in [3.63, 3.8) is 0 Å². The lowest BCUT2D eigenvalue weighted by molar-refractivity contribution is -0.122. The van der Waals surface area contributed by atoms with Gasteiger partial charge in [-0.3, -0.25) is 9.59 Å². The maximum absolute atomic E-state index is 12.4. The second-order valence-corrected chi connectivity index (χ2v) is 6.66. The number of fused-ring (bicyclic) bond motifs is 1. The standard InChI is InChI=1S/C18H21ClN2O2/c19-13-7-8-15-16(11-13)21(10-9-17(15)22)12-18(23)20-14-5-3-1-2-4-6-14/h7-11,14H,1-6,12H2,(H,20,23). The molecule has 4 nitrogen and oxygen atoms in total. The Morgan fingerprint density at radius 2 is 1.91 bits per heavy atom. The van der Waals surface area contributed by atoms with Gasteiger partial charge in [0, 0.05) is 28.7 Å². The van der Waals surface area contributed by atoms with E-state index in [4.69, 9.17) is 11.6 Å². The Bertz CT molecular complexity index is 761. The maximum Gasteiger partial charge on any atom is 0.240 e. The Balaban J connectivity index is 1.78. The van der Waals surface area contributed by atoms with Crippen LogP contribution in [-0.4, -0.2) is 16.5 Å². The van der Waals surface area contributed by atoms with Crippen LogP contribution in [0.3, 0.4) is 0 Å². The van der Waals surface area contributed by atoms with E-state index in [1.165, 1.54) is 31.7 Å². The Morgan fingerprint density at radius 1 is 1.17 bits per heavy atom. The highest BCUT2D eigenvalue weighted by Crippen LogP contribution is 2.18. The first-order chi connectivity index (χ1) is 11.1. The van der Waals surface area contributed by atoms with Gasteiger partial charge in [0.15, 0.2) is 5.43 Å². The molecular formula is C18H21ClN2O2. The molecule has 0 bridgehead atoms. The van der Waals surface area contributed by atoms with Crippen molar-refractivity contribution in [2.75, 3.05) is 0 Å². The summed E-state index contributed by atoms with van der Waals surface area (Å²) in [6.45, 7) is 0.202. The van der Waals surface area contributed by atoms with Crippen molar-refractivity contribution in [3.05, 3.63) is 45.7 Å². The quantitative estimate of drug-likeness (QED) is 0.875. The molecule has 0 spiro atoms. The number of nitrogens with one attached hydrogen (secondary N) is 1. The van der Waals surface area contributed by atoms with Gasteiger partial charge < -0.3 is 9.88 Å². The molecule has 0 atom stereocenters. The second-order valence-electron chi connectivity index (χ2n) is 6.23. The zero-order valence-corrected chi connectivity index (χ0v) is 13.8. The number of nitrogens with zero attached hydrogens (tertiary/aromatic N) is 1. The predicted molar refractivity (Wildman–Crippen MR) is 92.9 cm³/mol. The van der Waals surface area contributed by atoms with Crippen LogP contribution in [0.2, 0.25) is 5.02 Å². The molecule has 1 N–H and O–H groups in total. The summed E-state index contributed by atoms with van der Waals surface area (Å²) in [6.07, 6.45) is 8.66. The molecule has 1 aliphatic carbocycles. The first-order valence-corrected chi connectivity index (χ1v) is 8.59. The molecule has 1 aliphatic rings. The van der Waals surface area contributed by atoms with Gasteiger partial charge in [-0.25, -0.2) is 0 Å². The van der Waals surface area contributed by atoms with Crippen LogP contribution in [0.1, 0.15) is 38.5 Å². The largest absolute Gasteiger partial charge is 0.352 e. The number of hydrogen-bond donors (Lipinski definition) is 1. The van der Waals surface area contributed by atoms with E-state index < -0.39 is 0 Å². The highest BCUT2D eigenvalue weighted by Gasteiger charge is 2.15. The fourth-order valence-electron chi connectivity index (χ4n) is 3.27. The monoisotopic (exact) mass is 332 g/mol. The minimum absolute atomic E-state index is 0.0122. The third-order valence-corrected chi connectivity index (χ3v) is 4.71. The zero-order valence-electron chi connectivity index (χ0n) is 13.1. The Labute approximate surface area is 140 Å². The molecule has 0 radical (unpaired) electrons. The van der Waals surface area contributed by atoms with E-state index in [0.717, 1.165) is 12.8 Å². The summed E-state index contributed by atoms with van der Waals surface area (Å²) in [5.41, 5.74) is 0.637. The van der Waals surface area contributed by atoms with Crippen LogP contribution in [-0.2, 0) is 11.3 Å². The van der Waals surface area contributed by atoms with E-state index >= 15 is 0 Å². The number of benzene rings is 1. The van der Waals surface area contributed by atoms with Gasteiger partial charge in [-0.1, -0.05) is 37.3 Å². The smallest absolute Gasteiger partial charge is 0.240 e. The number of aromatic nitrogens is 1. The first kappa shape index (κ1) is 16.1. The maximum atomic E-state index is 12.4. The normalized spacial score (nSPS) is 16.2. The average Bonchev–Trinajstić information content (AvgIpc) is 2.79. The van der Waals surface area contributed by atoms with E-state index in [-0.39, 0.29) is 23.9 Å². The molecule has 1 heterocycles. The summed E-state index contributed by atoms with van der Waals surface area (Å²) < 4.78 is 1.79. The summed E-state index contributed by atoms with van der Waals surface area (Å²) in [5.74, 6) is -0.0122. The van der Waals surface area contributed by atoms with Gasteiger partial charge in [0.25, 0.3) is 0 Å². The third-order valence-electron chi connectivity index (χ3n) is 4.47. The van der Waals surface area contributed by atoms with Gasteiger partial charge in [-0.15, -0.1) is 0 Å². The molecule has 23 heavy (non-hydrogen) atoms. The molecule has 122 valence electrons. The SMILES string of the molecule is O=C(Cn1ccc(=O)c2ccc(Cl)cc21)NC1CCCCCC1. The Morgan fingerprint density at radius 3 is 2.65 bits per heavy atom. The molecule has 1 aromatic heterocycles. The number of halogens is 1. The number of carbonyl (C=O) groups is 1. The predicted octanol–water partition coefficient (Wildman–Crippen LogP) is 3.49. The minimum Gasteiger partial charge on any atom is -0.352 e. The molecular weight excluding hydrogens is 312 g/mol. The number of pyridine rings is 1. The van der Waals surface area contributed by atoms with Crippen LogP contribution in [0.15, 0.2) is 35.3 Å². The number of carbonyl (C=O) groups excluding carboxylic acids is 1. The summed E-state index contributed by atoms with van der Waals surface area (Å²) in [6, 6.07) is 6.91. The fourth-order valence-corrected chi connectivity index (χ4v) is 3.43. The lowest BCUT2D eigenvalue weighted by Crippen LogP contribution is -2.36. The molecule has 0 saturated heterocycles. The van der Waals surface area contributed by atoms with Crippen LogP contribution in [0.25, 0.3) is 10.9 Å². The fraction of sp³-hybridized carbons (Fsp3) is 0.444. The van der Waals surface area contributed by atoms with Crippen LogP contribution < -0.4 is 10.7 Å². The number of rotatable bonds is 3. The van der Waals surface area contributed by atoms with E-state index in [2.05, 4.69) is 5.32 Å². The highest BCUT2D eigenvalue weighted by molar-refractivity contribution is 6.31. The van der Waals surface area contributed by atoms with E-state index in [1.807, 2.05) is 0 Å². The van der Waals surface area contributed by atoms with Crippen molar-refractivity contribution >= 4 is 28.4 Å². The number of amides is 1. The lowest BCUT2D eigenvalue weighted by Gasteiger charge is -2.17. The third kappa shape index (κ3) is 3.94. The summed E-state index contributed by atoms with van der Waals surface area (Å²) in [5, 5.41) is 4.27. The van der Waals surface area contributed by atoms with E-state index in [1.54, 1.807) is 29.0 Å². The molecule has 5 heteroatoms. The second kappa shape index (κ2) is 7.18. The molecule has 0 unspecified atom stereocenters. The van der Waals surface area contributed by atoms with Crippen molar-refractivity contribution in [2.24, 2.45) is 0 Å². The van der Waals surface area contributed by atoms with Crippen LogP contribution in [0.4, 0.5) is 0 Å². The van der Waals surface area contributed by atoms with Crippen molar-refractivity contribution in [1.82, 2.24) is 9.88 Å². The first-order valence-electron chi connectivity index (χ1n) is 8.21. The molecule has 1 fully saturated rings. The lowest BCUT2D eigenvalue weighted by atomic mass is 10.1. The zero-order chi connectivity index (χ0) is 16.2. The van der Waals surface area contributed by atoms with Gasteiger partial charge in [0.05, 0.1) is 5.52 Å². The van der Waals surface area contributed by atoms with Crippen molar-refractivity contribution < 1.29 is 4.79 Å². The van der Waals surface area contributed by atoms with Crippen molar-refractivity contribution in [2.45, 2.75) is 51.1 Å². The van der Waals surface area contributed by atoms with Gasteiger partial charge in [0.1, 0.15) is 6.54 Å². The average molecular weight is 333 g/mol.